The Hall–Kier alpha value is -2.43. The lowest BCUT2D eigenvalue weighted by atomic mass is 9.82. The van der Waals surface area contributed by atoms with E-state index in [4.69, 9.17) is 0 Å². The summed E-state index contributed by atoms with van der Waals surface area (Å²) >= 11 is 0. The molecule has 1 amide bonds. The van der Waals surface area contributed by atoms with Gasteiger partial charge in [0.15, 0.2) is 5.78 Å². The summed E-state index contributed by atoms with van der Waals surface area (Å²) < 4.78 is 1.61. The molecule has 1 aromatic heterocycles. The number of Topliss-reactive ketones (excluding diaryl/α,β-unsaturated/α-hetero) is 1. The fourth-order valence-electron chi connectivity index (χ4n) is 2.73. The van der Waals surface area contributed by atoms with Gasteiger partial charge in [-0.15, -0.1) is 0 Å². The van der Waals surface area contributed by atoms with E-state index in [1.165, 1.54) is 0 Å². The van der Waals surface area contributed by atoms with Gasteiger partial charge in [-0.2, -0.15) is 5.10 Å². The number of benzene rings is 1. The predicted octanol–water partition coefficient (Wildman–Crippen LogP) is 1.29. The van der Waals surface area contributed by atoms with Crippen LogP contribution in [-0.4, -0.2) is 32.9 Å². The highest BCUT2D eigenvalue weighted by Crippen LogP contribution is 2.33. The van der Waals surface area contributed by atoms with Crippen LogP contribution in [0.5, 0.6) is 0 Å². The minimum absolute atomic E-state index is 0.0727. The molecule has 1 saturated heterocycles. The van der Waals surface area contributed by atoms with Crippen molar-refractivity contribution in [1.82, 2.24) is 14.7 Å². The highest BCUT2D eigenvalue weighted by atomic mass is 16.2. The maximum Gasteiger partial charge on any atom is 0.241 e. The number of aryl methyl sites for hydroxylation is 1. The molecule has 108 valence electrons. The minimum atomic E-state index is -1.11. The summed E-state index contributed by atoms with van der Waals surface area (Å²) in [5.41, 5.74) is 0.577. The molecule has 21 heavy (non-hydrogen) atoms. The van der Waals surface area contributed by atoms with Crippen LogP contribution in [0.2, 0.25) is 0 Å². The third-order valence-corrected chi connectivity index (χ3v) is 4.11. The van der Waals surface area contributed by atoms with Gasteiger partial charge in [0.1, 0.15) is 5.41 Å². The average Bonchev–Trinajstić information content (AvgIpc) is 3.00. The van der Waals surface area contributed by atoms with E-state index >= 15 is 0 Å². The van der Waals surface area contributed by atoms with Gasteiger partial charge in [-0.25, -0.2) is 0 Å². The van der Waals surface area contributed by atoms with Gasteiger partial charge < -0.3 is 4.90 Å². The van der Waals surface area contributed by atoms with Crippen molar-refractivity contribution in [2.45, 2.75) is 18.9 Å². The molecule has 0 N–H and O–H groups in total. The first-order chi connectivity index (χ1) is 10.0. The van der Waals surface area contributed by atoms with Crippen molar-refractivity contribution in [3.8, 4) is 0 Å². The molecule has 1 aliphatic heterocycles. The number of ketones is 1. The number of aromatic nitrogens is 2. The highest BCUT2D eigenvalue weighted by molar-refractivity contribution is 6.17. The SMILES string of the molecule is Cn1cc(C2(C)C(=O)CN(Cc3ccccc3)C2=O)cn1. The monoisotopic (exact) mass is 283 g/mol. The molecule has 1 aliphatic rings. The first-order valence-corrected chi connectivity index (χ1v) is 6.87. The number of carbonyl (C=O) groups is 2. The molecule has 0 spiro atoms. The number of nitrogens with zero attached hydrogens (tertiary/aromatic N) is 3. The van der Waals surface area contributed by atoms with Crippen molar-refractivity contribution in [1.29, 1.82) is 0 Å². The van der Waals surface area contributed by atoms with Crippen LogP contribution in [0.3, 0.4) is 0 Å². The second-order valence-corrected chi connectivity index (χ2v) is 5.60. The second kappa shape index (κ2) is 4.84. The molecule has 1 fully saturated rings. The average molecular weight is 283 g/mol. The summed E-state index contributed by atoms with van der Waals surface area (Å²) in [6.07, 6.45) is 3.34. The summed E-state index contributed by atoms with van der Waals surface area (Å²) in [7, 11) is 1.78. The minimum Gasteiger partial charge on any atom is -0.330 e. The van der Waals surface area contributed by atoms with Crippen molar-refractivity contribution in [3.63, 3.8) is 0 Å². The standard InChI is InChI=1S/C16H17N3O2/c1-16(13-8-17-18(2)10-13)14(20)11-19(15(16)21)9-12-6-4-3-5-7-12/h3-8,10H,9,11H2,1-2H3. The highest BCUT2D eigenvalue weighted by Gasteiger charge is 2.51. The summed E-state index contributed by atoms with van der Waals surface area (Å²) in [5, 5.41) is 4.08. The Bertz CT molecular complexity index is 693. The summed E-state index contributed by atoms with van der Waals surface area (Å²) in [6.45, 7) is 2.31. The number of amides is 1. The molecule has 5 nitrogen and oxygen atoms in total. The predicted molar refractivity (Wildman–Crippen MR) is 77.4 cm³/mol. The summed E-state index contributed by atoms with van der Waals surface area (Å²) in [6, 6.07) is 9.70. The van der Waals surface area contributed by atoms with Crippen LogP contribution in [0.1, 0.15) is 18.1 Å². The Morgan fingerprint density at radius 1 is 1.24 bits per heavy atom. The molecule has 1 atom stereocenters. The van der Waals surface area contributed by atoms with Gasteiger partial charge >= 0.3 is 0 Å². The zero-order valence-electron chi connectivity index (χ0n) is 12.1. The fourth-order valence-corrected chi connectivity index (χ4v) is 2.73. The molecular formula is C16H17N3O2. The molecular weight excluding hydrogens is 266 g/mol. The van der Waals surface area contributed by atoms with Gasteiger partial charge in [0.2, 0.25) is 5.91 Å². The summed E-state index contributed by atoms with van der Waals surface area (Å²) in [4.78, 5) is 26.8. The quantitative estimate of drug-likeness (QED) is 0.798. The zero-order valence-corrected chi connectivity index (χ0v) is 12.1. The van der Waals surface area contributed by atoms with Gasteiger partial charge in [0.05, 0.1) is 12.7 Å². The van der Waals surface area contributed by atoms with Crippen molar-refractivity contribution in [2.24, 2.45) is 7.05 Å². The third kappa shape index (κ3) is 2.14. The van der Waals surface area contributed by atoms with E-state index in [-0.39, 0.29) is 18.2 Å². The van der Waals surface area contributed by atoms with Gasteiger partial charge in [0.25, 0.3) is 0 Å². The van der Waals surface area contributed by atoms with Crippen LogP contribution in [-0.2, 0) is 28.6 Å². The third-order valence-electron chi connectivity index (χ3n) is 4.11. The van der Waals surface area contributed by atoms with Gasteiger partial charge in [-0.3, -0.25) is 14.3 Å². The normalized spacial score (nSPS) is 22.1. The molecule has 5 heteroatoms. The van der Waals surface area contributed by atoms with Crippen molar-refractivity contribution < 1.29 is 9.59 Å². The smallest absolute Gasteiger partial charge is 0.241 e. The maximum absolute atomic E-state index is 12.7. The zero-order chi connectivity index (χ0) is 15.0. The van der Waals surface area contributed by atoms with Crippen molar-refractivity contribution in [3.05, 3.63) is 53.9 Å². The van der Waals surface area contributed by atoms with Crippen LogP contribution in [0, 0.1) is 0 Å². The Balaban J connectivity index is 1.89. The molecule has 0 radical (unpaired) electrons. The first-order valence-electron chi connectivity index (χ1n) is 6.87. The largest absolute Gasteiger partial charge is 0.330 e. The Morgan fingerprint density at radius 2 is 1.95 bits per heavy atom. The first kappa shape index (κ1) is 13.5. The lowest BCUT2D eigenvalue weighted by molar-refractivity contribution is -0.134. The van der Waals surface area contributed by atoms with Crippen molar-refractivity contribution in [2.75, 3.05) is 6.54 Å². The molecule has 0 bridgehead atoms. The van der Waals surface area contributed by atoms with Crippen LogP contribution < -0.4 is 0 Å². The van der Waals surface area contributed by atoms with Crippen molar-refractivity contribution >= 4 is 11.7 Å². The van der Waals surface area contributed by atoms with Gasteiger partial charge in [0, 0.05) is 25.4 Å². The number of likely N-dealkylation sites (tertiary alicyclic amines) is 1. The molecule has 2 heterocycles. The molecule has 3 rings (SSSR count). The Morgan fingerprint density at radius 3 is 2.57 bits per heavy atom. The van der Waals surface area contributed by atoms with Crippen LogP contribution in [0.25, 0.3) is 0 Å². The van der Waals surface area contributed by atoms with Gasteiger partial charge in [-0.1, -0.05) is 30.3 Å². The topological polar surface area (TPSA) is 55.2 Å². The Labute approximate surface area is 123 Å². The lowest BCUT2D eigenvalue weighted by Gasteiger charge is -2.20. The number of carbonyl (C=O) groups excluding carboxylic acids is 2. The second-order valence-electron chi connectivity index (χ2n) is 5.60. The van der Waals surface area contributed by atoms with E-state index in [0.717, 1.165) is 5.56 Å². The van der Waals surface area contributed by atoms with Crippen LogP contribution >= 0.6 is 0 Å². The van der Waals surface area contributed by atoms with Gasteiger partial charge in [-0.05, 0) is 12.5 Å². The Kier molecular flexibility index (Phi) is 3.12. The van der Waals surface area contributed by atoms with E-state index in [1.807, 2.05) is 30.3 Å². The number of rotatable bonds is 3. The molecule has 0 saturated carbocycles. The lowest BCUT2D eigenvalue weighted by Crippen LogP contribution is -2.37. The van der Waals surface area contributed by atoms with Crippen LogP contribution in [0.4, 0.5) is 0 Å². The van der Waals surface area contributed by atoms with E-state index in [2.05, 4.69) is 5.10 Å². The van der Waals surface area contributed by atoms with E-state index in [9.17, 15) is 9.59 Å². The molecule has 2 aromatic rings. The molecule has 1 aromatic carbocycles. The number of hydrogen-bond acceptors (Lipinski definition) is 3. The molecule has 1 unspecified atom stereocenters. The maximum atomic E-state index is 12.7. The van der Waals surface area contributed by atoms with E-state index < -0.39 is 5.41 Å². The van der Waals surface area contributed by atoms with E-state index in [0.29, 0.717) is 12.1 Å². The van der Waals surface area contributed by atoms with E-state index in [1.54, 1.807) is 35.9 Å². The molecule has 0 aliphatic carbocycles. The summed E-state index contributed by atoms with van der Waals surface area (Å²) in [5.74, 6) is -0.221. The fraction of sp³-hybridized carbons (Fsp3) is 0.312. The number of hydrogen-bond donors (Lipinski definition) is 0. The van der Waals surface area contributed by atoms with Crippen LogP contribution in [0.15, 0.2) is 42.7 Å².